The average Bonchev–Trinajstić information content (AvgIpc) is 2.31. The Bertz CT molecular complexity index is 293. The molecule has 2 unspecified atom stereocenters. The SMILES string of the molecule is CCC1CCC(C)N(c2ccccc2)C1. The maximum Gasteiger partial charge on any atom is 0.0368 e. The zero-order chi connectivity index (χ0) is 10.7. The number of para-hydroxylation sites is 1. The molecule has 15 heavy (non-hydrogen) atoms. The normalized spacial score (nSPS) is 26.7. The van der Waals surface area contributed by atoms with Gasteiger partial charge < -0.3 is 4.90 Å². The lowest BCUT2D eigenvalue weighted by molar-refractivity contribution is 0.359. The summed E-state index contributed by atoms with van der Waals surface area (Å²) in [6.45, 7) is 5.89. The van der Waals surface area contributed by atoms with Crippen molar-refractivity contribution in [2.45, 2.75) is 39.2 Å². The van der Waals surface area contributed by atoms with Gasteiger partial charge in [-0.15, -0.1) is 0 Å². The molecule has 0 bridgehead atoms. The first-order valence-corrected chi connectivity index (χ1v) is 6.13. The van der Waals surface area contributed by atoms with Crippen LogP contribution >= 0.6 is 0 Å². The first-order valence-electron chi connectivity index (χ1n) is 6.13. The summed E-state index contributed by atoms with van der Waals surface area (Å²) in [6.07, 6.45) is 4.06. The van der Waals surface area contributed by atoms with E-state index in [1.54, 1.807) is 0 Å². The van der Waals surface area contributed by atoms with Crippen LogP contribution in [0.5, 0.6) is 0 Å². The highest BCUT2D eigenvalue weighted by atomic mass is 15.2. The number of hydrogen-bond acceptors (Lipinski definition) is 1. The Kier molecular flexibility index (Phi) is 3.30. The molecule has 1 aromatic carbocycles. The highest BCUT2D eigenvalue weighted by molar-refractivity contribution is 5.47. The molecule has 0 radical (unpaired) electrons. The number of nitrogens with zero attached hydrogens (tertiary/aromatic N) is 1. The van der Waals surface area contributed by atoms with Gasteiger partial charge in [-0.05, 0) is 37.8 Å². The monoisotopic (exact) mass is 203 g/mol. The van der Waals surface area contributed by atoms with Crippen molar-refractivity contribution < 1.29 is 0 Å². The Labute approximate surface area is 93.1 Å². The molecular weight excluding hydrogens is 182 g/mol. The molecule has 1 nitrogen and oxygen atoms in total. The Hall–Kier alpha value is -0.980. The summed E-state index contributed by atoms with van der Waals surface area (Å²) in [4.78, 5) is 2.57. The van der Waals surface area contributed by atoms with Crippen molar-refractivity contribution in [2.75, 3.05) is 11.4 Å². The summed E-state index contributed by atoms with van der Waals surface area (Å²) < 4.78 is 0. The van der Waals surface area contributed by atoms with Gasteiger partial charge in [0.2, 0.25) is 0 Å². The van der Waals surface area contributed by atoms with Gasteiger partial charge in [-0.3, -0.25) is 0 Å². The van der Waals surface area contributed by atoms with Crippen LogP contribution in [0.3, 0.4) is 0 Å². The zero-order valence-electron chi connectivity index (χ0n) is 9.82. The van der Waals surface area contributed by atoms with Crippen LogP contribution in [0.1, 0.15) is 33.1 Å². The smallest absolute Gasteiger partial charge is 0.0368 e. The molecule has 0 N–H and O–H groups in total. The maximum absolute atomic E-state index is 2.57. The van der Waals surface area contributed by atoms with Gasteiger partial charge in [-0.1, -0.05) is 31.5 Å². The summed E-state index contributed by atoms with van der Waals surface area (Å²) in [5, 5.41) is 0. The van der Waals surface area contributed by atoms with Gasteiger partial charge in [0.15, 0.2) is 0 Å². The Morgan fingerprint density at radius 3 is 2.60 bits per heavy atom. The summed E-state index contributed by atoms with van der Waals surface area (Å²) in [5.41, 5.74) is 1.39. The second kappa shape index (κ2) is 4.69. The summed E-state index contributed by atoms with van der Waals surface area (Å²) >= 11 is 0. The topological polar surface area (TPSA) is 3.24 Å². The van der Waals surface area contributed by atoms with Gasteiger partial charge in [0.05, 0.1) is 0 Å². The predicted octanol–water partition coefficient (Wildman–Crippen LogP) is 3.70. The van der Waals surface area contributed by atoms with Crippen LogP contribution in [-0.2, 0) is 0 Å². The quantitative estimate of drug-likeness (QED) is 0.708. The largest absolute Gasteiger partial charge is 0.369 e. The van der Waals surface area contributed by atoms with Crippen LogP contribution in [0.4, 0.5) is 5.69 Å². The molecule has 82 valence electrons. The molecule has 1 heteroatoms. The number of anilines is 1. The molecule has 1 aliphatic rings. The van der Waals surface area contributed by atoms with Crippen molar-refractivity contribution in [3.8, 4) is 0 Å². The molecule has 0 saturated carbocycles. The molecule has 0 aliphatic carbocycles. The summed E-state index contributed by atoms with van der Waals surface area (Å²) in [6, 6.07) is 11.5. The Balaban J connectivity index is 2.13. The molecular formula is C14H21N. The lowest BCUT2D eigenvalue weighted by Gasteiger charge is -2.39. The van der Waals surface area contributed by atoms with Crippen LogP contribution in [0.2, 0.25) is 0 Å². The zero-order valence-corrected chi connectivity index (χ0v) is 9.82. The second-order valence-corrected chi connectivity index (χ2v) is 4.69. The second-order valence-electron chi connectivity index (χ2n) is 4.69. The van der Waals surface area contributed by atoms with Crippen LogP contribution in [0.25, 0.3) is 0 Å². The third-order valence-corrected chi connectivity index (χ3v) is 3.64. The van der Waals surface area contributed by atoms with E-state index in [0.717, 1.165) is 5.92 Å². The molecule has 0 amide bonds. The fourth-order valence-electron chi connectivity index (χ4n) is 2.49. The maximum atomic E-state index is 2.57. The Morgan fingerprint density at radius 1 is 1.20 bits per heavy atom. The van der Waals surface area contributed by atoms with Crippen LogP contribution in [0.15, 0.2) is 30.3 Å². The van der Waals surface area contributed by atoms with Crippen molar-refractivity contribution in [2.24, 2.45) is 5.92 Å². The van der Waals surface area contributed by atoms with Crippen LogP contribution in [-0.4, -0.2) is 12.6 Å². The number of rotatable bonds is 2. The van der Waals surface area contributed by atoms with Gasteiger partial charge >= 0.3 is 0 Å². The van der Waals surface area contributed by atoms with E-state index >= 15 is 0 Å². The predicted molar refractivity (Wildman–Crippen MR) is 66.3 cm³/mol. The van der Waals surface area contributed by atoms with Crippen molar-refractivity contribution >= 4 is 5.69 Å². The van der Waals surface area contributed by atoms with E-state index in [-0.39, 0.29) is 0 Å². The van der Waals surface area contributed by atoms with Crippen LogP contribution < -0.4 is 4.90 Å². The standard InChI is InChI=1S/C14H21N/c1-3-13-10-9-12(2)15(11-13)14-7-5-4-6-8-14/h4-8,12-13H,3,9-11H2,1-2H3. The van der Waals surface area contributed by atoms with Gasteiger partial charge in [-0.25, -0.2) is 0 Å². The molecule has 1 saturated heterocycles. The highest BCUT2D eigenvalue weighted by Gasteiger charge is 2.24. The minimum atomic E-state index is 0.704. The van der Waals surface area contributed by atoms with Crippen molar-refractivity contribution in [1.82, 2.24) is 0 Å². The van der Waals surface area contributed by atoms with E-state index in [2.05, 4.69) is 49.1 Å². The fourth-order valence-corrected chi connectivity index (χ4v) is 2.49. The fraction of sp³-hybridized carbons (Fsp3) is 0.571. The molecule has 0 aromatic heterocycles. The van der Waals surface area contributed by atoms with E-state index in [1.165, 1.54) is 31.5 Å². The highest BCUT2D eigenvalue weighted by Crippen LogP contribution is 2.28. The third-order valence-electron chi connectivity index (χ3n) is 3.64. The molecule has 1 aliphatic heterocycles. The van der Waals surface area contributed by atoms with Gasteiger partial charge in [-0.2, -0.15) is 0 Å². The average molecular weight is 203 g/mol. The van der Waals surface area contributed by atoms with Gasteiger partial charge in [0.1, 0.15) is 0 Å². The Morgan fingerprint density at radius 2 is 1.93 bits per heavy atom. The van der Waals surface area contributed by atoms with Gasteiger partial charge in [0.25, 0.3) is 0 Å². The summed E-state index contributed by atoms with van der Waals surface area (Å²) in [5.74, 6) is 0.890. The third kappa shape index (κ3) is 2.34. The van der Waals surface area contributed by atoms with Crippen molar-refractivity contribution in [3.05, 3.63) is 30.3 Å². The first kappa shape index (κ1) is 10.5. The molecule has 1 aromatic rings. The lowest BCUT2D eigenvalue weighted by Crippen LogP contribution is -2.41. The minimum Gasteiger partial charge on any atom is -0.369 e. The molecule has 0 spiro atoms. The van der Waals surface area contributed by atoms with Crippen molar-refractivity contribution in [1.29, 1.82) is 0 Å². The number of piperidine rings is 1. The first-order chi connectivity index (χ1) is 7.31. The van der Waals surface area contributed by atoms with Crippen molar-refractivity contribution in [3.63, 3.8) is 0 Å². The minimum absolute atomic E-state index is 0.704. The van der Waals surface area contributed by atoms with E-state index in [0.29, 0.717) is 6.04 Å². The van der Waals surface area contributed by atoms with E-state index in [9.17, 15) is 0 Å². The van der Waals surface area contributed by atoms with Gasteiger partial charge in [0, 0.05) is 18.3 Å². The van der Waals surface area contributed by atoms with E-state index in [4.69, 9.17) is 0 Å². The number of hydrogen-bond donors (Lipinski definition) is 0. The summed E-state index contributed by atoms with van der Waals surface area (Å²) in [7, 11) is 0. The molecule has 2 rings (SSSR count). The lowest BCUT2D eigenvalue weighted by atomic mass is 9.91. The van der Waals surface area contributed by atoms with Crippen LogP contribution in [0, 0.1) is 5.92 Å². The molecule has 1 fully saturated rings. The van der Waals surface area contributed by atoms with E-state index < -0.39 is 0 Å². The number of benzene rings is 1. The molecule has 2 atom stereocenters. The molecule has 1 heterocycles. The van der Waals surface area contributed by atoms with E-state index in [1.807, 2.05) is 0 Å².